The van der Waals surface area contributed by atoms with Crippen LogP contribution in [-0.2, 0) is 4.79 Å². The molecule has 0 rings (SSSR count). The van der Waals surface area contributed by atoms with Crippen LogP contribution in [-0.4, -0.2) is 18.3 Å². The molecule has 0 atom stereocenters. The van der Waals surface area contributed by atoms with Crippen molar-refractivity contribution in [2.45, 2.75) is 19.1 Å². The molecule has 4 heteroatoms. The standard InChI is InChI=1S/C5H11N3O/c1-3-4(9)5(6,7)8-2/h2-3,6-7H2,1H3. The van der Waals surface area contributed by atoms with E-state index in [4.69, 9.17) is 11.5 Å². The van der Waals surface area contributed by atoms with Gasteiger partial charge in [-0.3, -0.25) is 21.3 Å². The van der Waals surface area contributed by atoms with E-state index in [-0.39, 0.29) is 12.2 Å². The van der Waals surface area contributed by atoms with Crippen LogP contribution in [0.1, 0.15) is 13.3 Å². The van der Waals surface area contributed by atoms with Crippen LogP contribution in [0.2, 0.25) is 0 Å². The van der Waals surface area contributed by atoms with E-state index in [2.05, 4.69) is 11.7 Å². The molecule has 0 amide bonds. The Kier molecular flexibility index (Phi) is 2.48. The minimum Gasteiger partial charge on any atom is -0.294 e. The van der Waals surface area contributed by atoms with Gasteiger partial charge in [0.05, 0.1) is 0 Å². The maximum Gasteiger partial charge on any atom is 0.219 e. The van der Waals surface area contributed by atoms with Gasteiger partial charge in [0.1, 0.15) is 0 Å². The molecular weight excluding hydrogens is 118 g/mol. The third-order valence-corrected chi connectivity index (χ3v) is 1.03. The molecule has 0 bridgehead atoms. The number of nitrogens with two attached hydrogens (primary N) is 2. The Hall–Kier alpha value is -0.740. The van der Waals surface area contributed by atoms with E-state index in [1.165, 1.54) is 0 Å². The molecule has 0 aliphatic heterocycles. The van der Waals surface area contributed by atoms with Crippen LogP contribution < -0.4 is 11.5 Å². The average Bonchev–Trinajstić information content (AvgIpc) is 1.86. The molecule has 0 fully saturated rings. The SMILES string of the molecule is C=NC(N)(N)C(=O)CC. The van der Waals surface area contributed by atoms with Gasteiger partial charge in [-0.2, -0.15) is 0 Å². The molecule has 0 aromatic carbocycles. The second-order valence-electron chi connectivity index (χ2n) is 1.76. The predicted molar refractivity (Wildman–Crippen MR) is 36.0 cm³/mol. The number of aliphatic imine (C=N–C) groups is 1. The molecule has 0 aromatic heterocycles. The van der Waals surface area contributed by atoms with Gasteiger partial charge in [0.15, 0.2) is 5.78 Å². The van der Waals surface area contributed by atoms with Crippen LogP contribution in [0.15, 0.2) is 4.99 Å². The summed E-state index contributed by atoms with van der Waals surface area (Å²) in [7, 11) is 0. The van der Waals surface area contributed by atoms with Gasteiger partial charge in [0, 0.05) is 6.42 Å². The first kappa shape index (κ1) is 8.26. The van der Waals surface area contributed by atoms with Gasteiger partial charge in [0.25, 0.3) is 0 Å². The molecule has 9 heavy (non-hydrogen) atoms. The summed E-state index contributed by atoms with van der Waals surface area (Å²) in [6.45, 7) is 4.75. The number of nitrogens with zero attached hydrogens (tertiary/aromatic N) is 1. The minimum atomic E-state index is -1.57. The van der Waals surface area contributed by atoms with Gasteiger partial charge in [0.2, 0.25) is 5.79 Å². The van der Waals surface area contributed by atoms with Gasteiger partial charge >= 0.3 is 0 Å². The van der Waals surface area contributed by atoms with Crippen molar-refractivity contribution in [1.82, 2.24) is 0 Å². The van der Waals surface area contributed by atoms with E-state index in [1.54, 1.807) is 6.92 Å². The Labute approximate surface area is 53.9 Å². The van der Waals surface area contributed by atoms with Crippen molar-refractivity contribution in [3.05, 3.63) is 0 Å². The lowest BCUT2D eigenvalue weighted by Crippen LogP contribution is -2.54. The second-order valence-corrected chi connectivity index (χ2v) is 1.76. The Balaban J connectivity index is 4.14. The summed E-state index contributed by atoms with van der Waals surface area (Å²) >= 11 is 0. The topological polar surface area (TPSA) is 81.5 Å². The van der Waals surface area contributed by atoms with E-state index in [0.717, 1.165) is 0 Å². The van der Waals surface area contributed by atoms with Gasteiger partial charge in [-0.25, -0.2) is 0 Å². The quantitative estimate of drug-likeness (QED) is 0.388. The third kappa shape index (κ3) is 1.91. The number of carbonyl (C=O) groups excluding carboxylic acids is 1. The fourth-order valence-electron chi connectivity index (χ4n) is 0.371. The zero-order valence-corrected chi connectivity index (χ0v) is 5.42. The van der Waals surface area contributed by atoms with Crippen molar-refractivity contribution in [2.24, 2.45) is 16.5 Å². The van der Waals surface area contributed by atoms with Crippen molar-refractivity contribution < 1.29 is 4.79 Å². The number of hydrogen-bond acceptors (Lipinski definition) is 4. The van der Waals surface area contributed by atoms with Gasteiger partial charge in [-0.15, -0.1) is 0 Å². The Morgan fingerprint density at radius 1 is 1.78 bits per heavy atom. The highest BCUT2D eigenvalue weighted by Crippen LogP contribution is 1.96. The number of carbonyl (C=O) groups is 1. The normalized spacial score (nSPS) is 11.0. The maximum atomic E-state index is 10.7. The molecule has 0 radical (unpaired) electrons. The fraction of sp³-hybridized carbons (Fsp3) is 0.600. The fourth-order valence-corrected chi connectivity index (χ4v) is 0.371. The van der Waals surface area contributed by atoms with Crippen molar-refractivity contribution in [3.63, 3.8) is 0 Å². The summed E-state index contributed by atoms with van der Waals surface area (Å²) in [6.07, 6.45) is 0.284. The molecule has 0 aliphatic carbocycles. The first-order chi connectivity index (χ1) is 4.04. The maximum absolute atomic E-state index is 10.7. The highest BCUT2D eigenvalue weighted by molar-refractivity contribution is 5.87. The predicted octanol–water partition coefficient (Wildman–Crippen LogP) is -0.763. The molecule has 4 nitrogen and oxygen atoms in total. The highest BCUT2D eigenvalue weighted by Gasteiger charge is 2.24. The molecule has 0 aliphatic rings. The summed E-state index contributed by atoms with van der Waals surface area (Å²) in [4.78, 5) is 13.9. The number of hydrogen-bond donors (Lipinski definition) is 2. The lowest BCUT2D eigenvalue weighted by atomic mass is 10.2. The number of Topliss-reactive ketones (excluding diaryl/α,β-unsaturated/α-hetero) is 1. The number of rotatable bonds is 3. The zero-order chi connectivity index (χ0) is 7.49. The first-order valence-electron chi connectivity index (χ1n) is 2.63. The molecule has 4 N–H and O–H groups in total. The molecule has 0 unspecified atom stereocenters. The molecular formula is C5H11N3O. The van der Waals surface area contributed by atoms with E-state index in [9.17, 15) is 4.79 Å². The molecule has 52 valence electrons. The summed E-state index contributed by atoms with van der Waals surface area (Å²) in [5, 5.41) is 0. The lowest BCUT2D eigenvalue weighted by Gasteiger charge is -2.14. The summed E-state index contributed by atoms with van der Waals surface area (Å²) in [5.41, 5.74) is 10.3. The van der Waals surface area contributed by atoms with Gasteiger partial charge in [-0.1, -0.05) is 6.92 Å². The van der Waals surface area contributed by atoms with Crippen molar-refractivity contribution in [1.29, 1.82) is 0 Å². The summed E-state index contributed by atoms with van der Waals surface area (Å²) in [5.74, 6) is -1.88. The minimum absolute atomic E-state index is 0.284. The molecule has 0 saturated carbocycles. The lowest BCUT2D eigenvalue weighted by molar-refractivity contribution is -0.123. The Morgan fingerprint density at radius 2 is 2.22 bits per heavy atom. The van der Waals surface area contributed by atoms with Crippen molar-refractivity contribution in [2.75, 3.05) is 0 Å². The van der Waals surface area contributed by atoms with Crippen LogP contribution in [0, 0.1) is 0 Å². The first-order valence-corrected chi connectivity index (χ1v) is 2.63. The van der Waals surface area contributed by atoms with Crippen LogP contribution in [0.5, 0.6) is 0 Å². The summed E-state index contributed by atoms with van der Waals surface area (Å²) < 4.78 is 0. The summed E-state index contributed by atoms with van der Waals surface area (Å²) in [6, 6.07) is 0. The smallest absolute Gasteiger partial charge is 0.219 e. The van der Waals surface area contributed by atoms with E-state index < -0.39 is 5.79 Å². The van der Waals surface area contributed by atoms with E-state index in [0.29, 0.717) is 0 Å². The van der Waals surface area contributed by atoms with E-state index in [1.807, 2.05) is 0 Å². The number of ketones is 1. The van der Waals surface area contributed by atoms with E-state index >= 15 is 0 Å². The van der Waals surface area contributed by atoms with Gasteiger partial charge < -0.3 is 0 Å². The van der Waals surface area contributed by atoms with Crippen LogP contribution in [0.25, 0.3) is 0 Å². The highest BCUT2D eigenvalue weighted by atomic mass is 16.1. The second kappa shape index (κ2) is 2.70. The molecule has 0 aromatic rings. The molecule has 0 saturated heterocycles. The molecule has 0 spiro atoms. The van der Waals surface area contributed by atoms with Crippen LogP contribution in [0.3, 0.4) is 0 Å². The third-order valence-electron chi connectivity index (χ3n) is 1.03. The van der Waals surface area contributed by atoms with Crippen LogP contribution in [0.4, 0.5) is 0 Å². The monoisotopic (exact) mass is 129 g/mol. The van der Waals surface area contributed by atoms with Gasteiger partial charge in [-0.05, 0) is 6.72 Å². The average molecular weight is 129 g/mol. The Morgan fingerprint density at radius 3 is 2.33 bits per heavy atom. The Bertz CT molecular complexity index is 130. The zero-order valence-electron chi connectivity index (χ0n) is 5.42. The van der Waals surface area contributed by atoms with Crippen molar-refractivity contribution in [3.8, 4) is 0 Å². The van der Waals surface area contributed by atoms with Crippen molar-refractivity contribution >= 4 is 12.5 Å². The van der Waals surface area contributed by atoms with Crippen LogP contribution >= 0.6 is 0 Å². The molecule has 0 heterocycles. The largest absolute Gasteiger partial charge is 0.294 e.